The number of benzene rings is 1. The quantitative estimate of drug-likeness (QED) is 0.836. The summed E-state index contributed by atoms with van der Waals surface area (Å²) in [7, 11) is 0. The number of amides is 1. The van der Waals surface area contributed by atoms with Gasteiger partial charge in [-0.1, -0.05) is 12.1 Å². The van der Waals surface area contributed by atoms with E-state index in [1.807, 2.05) is 43.0 Å². The van der Waals surface area contributed by atoms with Gasteiger partial charge in [-0.25, -0.2) is 9.97 Å². The van der Waals surface area contributed by atoms with Gasteiger partial charge in [0.25, 0.3) is 5.91 Å². The molecule has 25 heavy (non-hydrogen) atoms. The first kappa shape index (κ1) is 17.2. The fraction of sp³-hybridized carbons (Fsp3) is 0.421. The Bertz CT molecular complexity index is 710. The number of piperidine rings is 1. The molecule has 0 spiro atoms. The van der Waals surface area contributed by atoms with Crippen LogP contribution >= 0.6 is 0 Å². The second-order valence-electron chi connectivity index (χ2n) is 6.35. The van der Waals surface area contributed by atoms with Crippen LogP contribution in [-0.4, -0.2) is 46.6 Å². The third kappa shape index (κ3) is 4.92. The second-order valence-corrected chi connectivity index (χ2v) is 6.35. The van der Waals surface area contributed by atoms with Gasteiger partial charge in [-0.2, -0.15) is 0 Å². The average Bonchev–Trinajstić information content (AvgIpc) is 2.62. The van der Waals surface area contributed by atoms with Crippen LogP contribution in [0.1, 0.15) is 24.0 Å². The third-order valence-electron chi connectivity index (χ3n) is 4.18. The molecule has 0 N–H and O–H groups in total. The summed E-state index contributed by atoms with van der Waals surface area (Å²) in [6, 6.07) is 8.11. The standard InChI is InChI=1S/C19H23N3O3/c1-14-4-3-5-17(10-14)24-13-18(23)22-8-6-16(7-9-22)25-19-20-11-15(2)12-21-19/h3-5,10-12,16H,6-9,13H2,1-2H3. The van der Waals surface area contributed by atoms with Gasteiger partial charge in [-0.3, -0.25) is 4.79 Å². The molecular weight excluding hydrogens is 318 g/mol. The molecule has 0 saturated carbocycles. The van der Waals surface area contributed by atoms with E-state index < -0.39 is 0 Å². The minimum Gasteiger partial charge on any atom is -0.484 e. The highest BCUT2D eigenvalue weighted by Gasteiger charge is 2.24. The fourth-order valence-corrected chi connectivity index (χ4v) is 2.76. The summed E-state index contributed by atoms with van der Waals surface area (Å²) in [6.45, 7) is 5.32. The van der Waals surface area contributed by atoms with E-state index in [4.69, 9.17) is 9.47 Å². The van der Waals surface area contributed by atoms with E-state index in [-0.39, 0.29) is 18.6 Å². The van der Waals surface area contributed by atoms with Crippen LogP contribution < -0.4 is 9.47 Å². The van der Waals surface area contributed by atoms with Crippen molar-refractivity contribution in [2.45, 2.75) is 32.8 Å². The molecule has 3 rings (SSSR count). The summed E-state index contributed by atoms with van der Waals surface area (Å²) in [5.74, 6) is 0.731. The third-order valence-corrected chi connectivity index (χ3v) is 4.18. The zero-order valence-corrected chi connectivity index (χ0v) is 14.6. The molecule has 0 atom stereocenters. The Morgan fingerprint density at radius 2 is 1.88 bits per heavy atom. The van der Waals surface area contributed by atoms with Crippen molar-refractivity contribution in [3.63, 3.8) is 0 Å². The Hall–Kier alpha value is -2.63. The first-order chi connectivity index (χ1) is 12.1. The molecule has 132 valence electrons. The molecular formula is C19H23N3O3. The van der Waals surface area contributed by atoms with Crippen LogP contribution in [-0.2, 0) is 4.79 Å². The van der Waals surface area contributed by atoms with Gasteiger partial charge in [0.2, 0.25) is 0 Å². The number of hydrogen-bond donors (Lipinski definition) is 0. The normalized spacial score (nSPS) is 15.0. The lowest BCUT2D eigenvalue weighted by Crippen LogP contribution is -2.43. The summed E-state index contributed by atoms with van der Waals surface area (Å²) in [5.41, 5.74) is 2.11. The SMILES string of the molecule is Cc1cnc(OC2CCN(C(=O)COc3cccc(C)c3)CC2)nc1. The summed E-state index contributed by atoms with van der Waals surface area (Å²) in [6.07, 6.45) is 5.07. The van der Waals surface area contributed by atoms with E-state index in [1.54, 1.807) is 12.4 Å². The molecule has 2 heterocycles. The molecule has 1 aromatic carbocycles. The van der Waals surface area contributed by atoms with Gasteiger partial charge < -0.3 is 14.4 Å². The highest BCUT2D eigenvalue weighted by atomic mass is 16.5. The Morgan fingerprint density at radius 3 is 2.56 bits per heavy atom. The lowest BCUT2D eigenvalue weighted by molar-refractivity contribution is -0.135. The zero-order valence-electron chi connectivity index (χ0n) is 14.6. The highest BCUT2D eigenvalue weighted by molar-refractivity contribution is 5.77. The Labute approximate surface area is 147 Å². The van der Waals surface area contributed by atoms with E-state index in [0.717, 1.165) is 29.7 Å². The van der Waals surface area contributed by atoms with Crippen molar-refractivity contribution < 1.29 is 14.3 Å². The maximum atomic E-state index is 12.3. The molecule has 6 heteroatoms. The molecule has 1 saturated heterocycles. The summed E-state index contributed by atoms with van der Waals surface area (Å²) < 4.78 is 11.4. The van der Waals surface area contributed by atoms with Crippen LogP contribution in [0.4, 0.5) is 0 Å². The van der Waals surface area contributed by atoms with Crippen LogP contribution in [0.25, 0.3) is 0 Å². The summed E-state index contributed by atoms with van der Waals surface area (Å²) in [4.78, 5) is 22.4. The number of carbonyl (C=O) groups excluding carboxylic acids is 1. The molecule has 0 aliphatic carbocycles. The van der Waals surface area contributed by atoms with Crippen molar-refractivity contribution in [1.82, 2.24) is 14.9 Å². The first-order valence-corrected chi connectivity index (χ1v) is 8.53. The molecule has 0 unspecified atom stereocenters. The number of hydrogen-bond acceptors (Lipinski definition) is 5. The number of carbonyl (C=O) groups is 1. The highest BCUT2D eigenvalue weighted by Crippen LogP contribution is 2.17. The summed E-state index contributed by atoms with van der Waals surface area (Å²) in [5, 5.41) is 0. The molecule has 1 aliphatic heterocycles. The van der Waals surface area contributed by atoms with Gasteiger partial charge in [0, 0.05) is 38.3 Å². The number of aryl methyl sites for hydroxylation is 2. The Balaban J connectivity index is 1.43. The van der Waals surface area contributed by atoms with Crippen LogP contribution in [0.3, 0.4) is 0 Å². The van der Waals surface area contributed by atoms with Crippen molar-refractivity contribution in [2.75, 3.05) is 19.7 Å². The van der Waals surface area contributed by atoms with E-state index in [2.05, 4.69) is 9.97 Å². The molecule has 1 amide bonds. The largest absolute Gasteiger partial charge is 0.484 e. The van der Waals surface area contributed by atoms with Crippen LogP contribution in [0.2, 0.25) is 0 Å². The maximum absolute atomic E-state index is 12.3. The number of likely N-dealkylation sites (tertiary alicyclic amines) is 1. The predicted molar refractivity (Wildman–Crippen MR) is 93.7 cm³/mol. The van der Waals surface area contributed by atoms with Gasteiger partial charge in [0.1, 0.15) is 11.9 Å². The van der Waals surface area contributed by atoms with Crippen LogP contribution in [0.5, 0.6) is 11.8 Å². The first-order valence-electron chi connectivity index (χ1n) is 8.53. The molecule has 6 nitrogen and oxygen atoms in total. The molecule has 2 aromatic rings. The molecule has 1 aliphatic rings. The van der Waals surface area contributed by atoms with Gasteiger partial charge in [-0.15, -0.1) is 0 Å². The van der Waals surface area contributed by atoms with Crippen molar-refractivity contribution >= 4 is 5.91 Å². The second kappa shape index (κ2) is 7.96. The number of aromatic nitrogens is 2. The molecule has 0 bridgehead atoms. The van der Waals surface area contributed by atoms with Crippen molar-refractivity contribution in [3.05, 3.63) is 47.8 Å². The lowest BCUT2D eigenvalue weighted by atomic mass is 10.1. The molecule has 1 aromatic heterocycles. The van der Waals surface area contributed by atoms with E-state index in [9.17, 15) is 4.79 Å². The topological polar surface area (TPSA) is 64.5 Å². The van der Waals surface area contributed by atoms with Gasteiger partial charge >= 0.3 is 6.01 Å². The fourth-order valence-electron chi connectivity index (χ4n) is 2.76. The van der Waals surface area contributed by atoms with Crippen LogP contribution in [0, 0.1) is 13.8 Å². The van der Waals surface area contributed by atoms with Gasteiger partial charge in [0.15, 0.2) is 6.61 Å². The molecule has 0 radical (unpaired) electrons. The molecule has 1 fully saturated rings. The number of ether oxygens (including phenoxy) is 2. The van der Waals surface area contributed by atoms with E-state index in [1.165, 1.54) is 0 Å². The van der Waals surface area contributed by atoms with Crippen molar-refractivity contribution in [1.29, 1.82) is 0 Å². The van der Waals surface area contributed by atoms with Crippen molar-refractivity contribution in [3.8, 4) is 11.8 Å². The maximum Gasteiger partial charge on any atom is 0.316 e. The van der Waals surface area contributed by atoms with Crippen molar-refractivity contribution in [2.24, 2.45) is 0 Å². The van der Waals surface area contributed by atoms with E-state index in [0.29, 0.717) is 19.1 Å². The minimum atomic E-state index is 0.00606. The predicted octanol–water partition coefficient (Wildman–Crippen LogP) is 2.54. The Kier molecular flexibility index (Phi) is 5.48. The van der Waals surface area contributed by atoms with Crippen LogP contribution in [0.15, 0.2) is 36.7 Å². The van der Waals surface area contributed by atoms with Gasteiger partial charge in [-0.05, 0) is 37.1 Å². The Morgan fingerprint density at radius 1 is 1.16 bits per heavy atom. The monoisotopic (exact) mass is 341 g/mol. The smallest absolute Gasteiger partial charge is 0.316 e. The zero-order chi connectivity index (χ0) is 17.6. The average molecular weight is 341 g/mol. The lowest BCUT2D eigenvalue weighted by Gasteiger charge is -2.31. The minimum absolute atomic E-state index is 0.00606. The van der Waals surface area contributed by atoms with Gasteiger partial charge in [0.05, 0.1) is 0 Å². The summed E-state index contributed by atoms with van der Waals surface area (Å²) >= 11 is 0. The number of rotatable bonds is 5. The van der Waals surface area contributed by atoms with E-state index >= 15 is 0 Å². The number of nitrogens with zero attached hydrogens (tertiary/aromatic N) is 3.